The second-order valence-electron chi connectivity index (χ2n) is 3.16. The Bertz CT molecular complexity index is 351. The standard InChI is InChI=1S/C10H13NO3S2/c1-15-4-3-8(10(13)14)11-9(12)7-2-5-16-6-7/h2,5-6,8H,3-4H2,1H3,(H,11,12)(H,13,14)/t8-/m1/s1. The molecule has 0 radical (unpaired) electrons. The number of carbonyl (C=O) groups is 2. The van der Waals surface area contributed by atoms with E-state index in [1.165, 1.54) is 11.3 Å². The lowest BCUT2D eigenvalue weighted by Gasteiger charge is -2.13. The summed E-state index contributed by atoms with van der Waals surface area (Å²) in [5, 5.41) is 14.9. The quantitative estimate of drug-likeness (QED) is 0.816. The maximum Gasteiger partial charge on any atom is 0.326 e. The summed E-state index contributed by atoms with van der Waals surface area (Å²) in [5.74, 6) is -0.603. The zero-order chi connectivity index (χ0) is 12.0. The van der Waals surface area contributed by atoms with Crippen molar-refractivity contribution in [3.05, 3.63) is 22.4 Å². The number of amides is 1. The monoisotopic (exact) mass is 259 g/mol. The van der Waals surface area contributed by atoms with Crippen molar-refractivity contribution >= 4 is 35.0 Å². The van der Waals surface area contributed by atoms with Crippen LogP contribution in [0.5, 0.6) is 0 Å². The Morgan fingerprint density at radius 3 is 2.88 bits per heavy atom. The summed E-state index contributed by atoms with van der Waals surface area (Å²) in [6, 6.07) is 0.868. The van der Waals surface area contributed by atoms with Crippen LogP contribution in [0.15, 0.2) is 16.8 Å². The molecule has 0 bridgehead atoms. The number of carboxylic acid groups (broad SMARTS) is 1. The molecule has 0 unspecified atom stereocenters. The fourth-order valence-corrected chi connectivity index (χ4v) is 2.24. The Balaban J connectivity index is 2.54. The molecule has 2 N–H and O–H groups in total. The van der Waals surface area contributed by atoms with Gasteiger partial charge in [-0.3, -0.25) is 4.79 Å². The molecular weight excluding hydrogens is 246 g/mol. The van der Waals surface area contributed by atoms with Gasteiger partial charge in [-0.25, -0.2) is 4.79 Å². The van der Waals surface area contributed by atoms with Crippen LogP contribution < -0.4 is 5.32 Å². The van der Waals surface area contributed by atoms with E-state index in [2.05, 4.69) is 5.32 Å². The first-order valence-electron chi connectivity index (χ1n) is 4.70. The molecule has 1 atom stereocenters. The van der Waals surface area contributed by atoms with Crippen LogP contribution in [0.3, 0.4) is 0 Å². The molecule has 0 saturated heterocycles. The van der Waals surface area contributed by atoms with Crippen molar-refractivity contribution < 1.29 is 14.7 Å². The van der Waals surface area contributed by atoms with Gasteiger partial charge in [-0.05, 0) is 29.9 Å². The molecule has 1 aromatic rings. The average molecular weight is 259 g/mol. The van der Waals surface area contributed by atoms with Crippen molar-refractivity contribution in [2.75, 3.05) is 12.0 Å². The number of hydrogen-bond donors (Lipinski definition) is 2. The molecule has 4 nitrogen and oxygen atoms in total. The van der Waals surface area contributed by atoms with Gasteiger partial charge in [0.1, 0.15) is 6.04 Å². The number of carboxylic acids is 1. The van der Waals surface area contributed by atoms with Crippen molar-refractivity contribution in [2.24, 2.45) is 0 Å². The second kappa shape index (κ2) is 6.55. The zero-order valence-corrected chi connectivity index (χ0v) is 10.4. The number of thiophene rings is 1. The van der Waals surface area contributed by atoms with E-state index in [-0.39, 0.29) is 5.91 Å². The lowest BCUT2D eigenvalue weighted by atomic mass is 10.2. The van der Waals surface area contributed by atoms with Crippen LogP contribution in [0.2, 0.25) is 0 Å². The predicted octanol–water partition coefficient (Wildman–Crippen LogP) is 1.68. The summed E-state index contributed by atoms with van der Waals surface area (Å²) in [5.41, 5.74) is 0.514. The summed E-state index contributed by atoms with van der Waals surface area (Å²) in [4.78, 5) is 22.5. The molecule has 0 aliphatic heterocycles. The first kappa shape index (κ1) is 13.1. The van der Waals surface area contributed by atoms with Gasteiger partial charge in [0, 0.05) is 5.38 Å². The van der Waals surface area contributed by atoms with E-state index in [9.17, 15) is 9.59 Å². The molecule has 1 rings (SSSR count). The highest BCUT2D eigenvalue weighted by Gasteiger charge is 2.20. The number of thioether (sulfide) groups is 1. The van der Waals surface area contributed by atoms with Crippen LogP contribution in [0.4, 0.5) is 0 Å². The fraction of sp³-hybridized carbons (Fsp3) is 0.400. The van der Waals surface area contributed by atoms with Crippen LogP contribution in [-0.4, -0.2) is 35.0 Å². The zero-order valence-electron chi connectivity index (χ0n) is 8.80. The molecule has 1 aromatic heterocycles. The van der Waals surface area contributed by atoms with Crippen LogP contribution in [0, 0.1) is 0 Å². The van der Waals surface area contributed by atoms with Crippen LogP contribution >= 0.6 is 23.1 Å². The van der Waals surface area contributed by atoms with Crippen molar-refractivity contribution in [3.63, 3.8) is 0 Å². The van der Waals surface area contributed by atoms with Gasteiger partial charge in [0.05, 0.1) is 5.56 Å². The molecule has 1 amide bonds. The van der Waals surface area contributed by atoms with Gasteiger partial charge in [-0.1, -0.05) is 0 Å². The predicted molar refractivity (Wildman–Crippen MR) is 66.2 cm³/mol. The van der Waals surface area contributed by atoms with Gasteiger partial charge in [0.15, 0.2) is 0 Å². The molecule has 0 aliphatic rings. The number of hydrogen-bond acceptors (Lipinski definition) is 4. The Morgan fingerprint density at radius 1 is 1.62 bits per heavy atom. The molecule has 0 fully saturated rings. The van der Waals surface area contributed by atoms with Crippen molar-refractivity contribution in [2.45, 2.75) is 12.5 Å². The molecule has 1 heterocycles. The van der Waals surface area contributed by atoms with E-state index in [4.69, 9.17) is 5.11 Å². The topological polar surface area (TPSA) is 66.4 Å². The van der Waals surface area contributed by atoms with Crippen molar-refractivity contribution in [1.82, 2.24) is 5.32 Å². The Labute approximate surface area is 102 Å². The number of nitrogens with one attached hydrogen (secondary N) is 1. The normalized spacial score (nSPS) is 12.1. The third-order valence-electron chi connectivity index (χ3n) is 2.00. The molecule has 0 aliphatic carbocycles. The van der Waals surface area contributed by atoms with Gasteiger partial charge < -0.3 is 10.4 Å². The minimum atomic E-state index is -0.988. The van der Waals surface area contributed by atoms with Crippen molar-refractivity contribution in [3.8, 4) is 0 Å². The molecule has 0 saturated carbocycles. The number of aliphatic carboxylic acids is 1. The van der Waals surface area contributed by atoms with E-state index in [1.54, 1.807) is 28.6 Å². The van der Waals surface area contributed by atoms with E-state index < -0.39 is 12.0 Å². The minimum absolute atomic E-state index is 0.324. The highest BCUT2D eigenvalue weighted by molar-refractivity contribution is 7.98. The first-order valence-corrected chi connectivity index (χ1v) is 7.03. The highest BCUT2D eigenvalue weighted by Crippen LogP contribution is 2.07. The molecular formula is C10H13NO3S2. The number of carbonyl (C=O) groups excluding carboxylic acids is 1. The van der Waals surface area contributed by atoms with Gasteiger partial charge in [-0.15, -0.1) is 0 Å². The smallest absolute Gasteiger partial charge is 0.326 e. The van der Waals surface area contributed by atoms with Crippen LogP contribution in [0.1, 0.15) is 16.8 Å². The average Bonchev–Trinajstić information content (AvgIpc) is 2.76. The lowest BCUT2D eigenvalue weighted by molar-refractivity contribution is -0.139. The summed E-state index contributed by atoms with van der Waals surface area (Å²) in [6.07, 6.45) is 2.34. The first-order chi connectivity index (χ1) is 7.65. The largest absolute Gasteiger partial charge is 0.480 e. The SMILES string of the molecule is CSCC[C@@H](NC(=O)c1ccsc1)C(=O)O. The second-order valence-corrected chi connectivity index (χ2v) is 4.92. The van der Waals surface area contributed by atoms with Gasteiger partial charge in [0.25, 0.3) is 5.91 Å². The molecule has 0 aromatic carbocycles. The maximum absolute atomic E-state index is 11.6. The molecule has 88 valence electrons. The molecule has 6 heteroatoms. The third kappa shape index (κ3) is 3.86. The number of rotatable bonds is 6. The van der Waals surface area contributed by atoms with Crippen LogP contribution in [0.25, 0.3) is 0 Å². The van der Waals surface area contributed by atoms with Gasteiger partial charge in [-0.2, -0.15) is 23.1 Å². The Hall–Kier alpha value is -1.01. The summed E-state index contributed by atoms with van der Waals surface area (Å²) in [7, 11) is 0. The lowest BCUT2D eigenvalue weighted by Crippen LogP contribution is -2.41. The fourth-order valence-electron chi connectivity index (χ4n) is 1.13. The van der Waals surface area contributed by atoms with Gasteiger partial charge >= 0.3 is 5.97 Å². The summed E-state index contributed by atoms with van der Waals surface area (Å²) in [6.45, 7) is 0. The highest BCUT2D eigenvalue weighted by atomic mass is 32.2. The Kier molecular flexibility index (Phi) is 5.34. The molecule has 16 heavy (non-hydrogen) atoms. The Morgan fingerprint density at radius 2 is 2.38 bits per heavy atom. The van der Waals surface area contributed by atoms with E-state index in [0.29, 0.717) is 17.7 Å². The van der Waals surface area contributed by atoms with E-state index >= 15 is 0 Å². The maximum atomic E-state index is 11.6. The van der Waals surface area contributed by atoms with E-state index in [0.717, 1.165) is 0 Å². The van der Waals surface area contributed by atoms with Crippen molar-refractivity contribution in [1.29, 1.82) is 0 Å². The third-order valence-corrected chi connectivity index (χ3v) is 3.32. The van der Waals surface area contributed by atoms with E-state index in [1.807, 2.05) is 6.26 Å². The van der Waals surface area contributed by atoms with Gasteiger partial charge in [0.2, 0.25) is 0 Å². The summed E-state index contributed by atoms with van der Waals surface area (Å²) < 4.78 is 0. The minimum Gasteiger partial charge on any atom is -0.480 e. The summed E-state index contributed by atoms with van der Waals surface area (Å²) >= 11 is 2.97. The van der Waals surface area contributed by atoms with Crippen LogP contribution in [-0.2, 0) is 4.79 Å². The molecule has 0 spiro atoms.